The second kappa shape index (κ2) is 12.8. The monoisotopic (exact) mass is 397 g/mol. The van der Waals surface area contributed by atoms with E-state index in [9.17, 15) is 4.79 Å². The van der Waals surface area contributed by atoms with E-state index in [2.05, 4.69) is 34.6 Å². The molecule has 0 unspecified atom stereocenters. The zero-order chi connectivity index (χ0) is 21.0. The molecule has 4 heteroatoms. The van der Waals surface area contributed by atoms with Crippen LogP contribution in [0.5, 0.6) is 0 Å². The number of piperidine rings is 1. The summed E-state index contributed by atoms with van der Waals surface area (Å²) < 4.78 is 5.83. The second-order valence-corrected chi connectivity index (χ2v) is 9.91. The quantitative estimate of drug-likeness (QED) is 0.238. The van der Waals surface area contributed by atoms with Crippen LogP contribution in [0.2, 0.25) is 0 Å². The summed E-state index contributed by atoms with van der Waals surface area (Å²) in [5.74, 6) is -0.0293. The third kappa shape index (κ3) is 9.26. The topological polar surface area (TPSA) is 38.8 Å². The first-order chi connectivity index (χ1) is 13.2. The van der Waals surface area contributed by atoms with Crippen molar-refractivity contribution in [2.75, 3.05) is 7.11 Å². The molecule has 0 aromatic carbocycles. The Morgan fingerprint density at radius 1 is 0.821 bits per heavy atom. The summed E-state index contributed by atoms with van der Waals surface area (Å²) in [6, 6.07) is 0. The van der Waals surface area contributed by atoms with E-state index in [1.807, 2.05) is 5.06 Å². The number of carbonyl (C=O) groups excluding carboxylic acids is 1. The van der Waals surface area contributed by atoms with E-state index in [1.165, 1.54) is 57.8 Å². The molecule has 1 rings (SSSR count). The Hall–Kier alpha value is -0.610. The molecule has 0 radical (unpaired) electrons. The highest BCUT2D eigenvalue weighted by atomic mass is 16.7. The molecule has 28 heavy (non-hydrogen) atoms. The summed E-state index contributed by atoms with van der Waals surface area (Å²) in [4.78, 5) is 17.9. The maximum Gasteiger partial charge on any atom is 0.306 e. The van der Waals surface area contributed by atoms with E-state index in [-0.39, 0.29) is 23.2 Å². The Morgan fingerprint density at radius 3 is 1.68 bits per heavy atom. The molecule has 4 nitrogen and oxygen atoms in total. The van der Waals surface area contributed by atoms with E-state index >= 15 is 0 Å². The summed E-state index contributed by atoms with van der Waals surface area (Å²) in [7, 11) is 1.72. The standard InChI is InChI=1S/C24H47NO3/c1-7-8-9-10-11-12-13-14-15-16-17-18-22(26)28-21-19-23(2,3)25(27-6)24(4,5)20-21/h21H,7-20H2,1-6H3. The first-order valence-corrected chi connectivity index (χ1v) is 11.8. The first kappa shape index (κ1) is 25.4. The Bertz CT molecular complexity index is 416. The van der Waals surface area contributed by atoms with Crippen LogP contribution in [0.15, 0.2) is 0 Å². The lowest BCUT2D eigenvalue weighted by Gasteiger charge is -2.52. The molecule has 0 amide bonds. The Balaban J connectivity index is 2.12. The highest BCUT2D eigenvalue weighted by Gasteiger charge is 2.47. The van der Waals surface area contributed by atoms with E-state index in [4.69, 9.17) is 9.57 Å². The molecule has 0 spiro atoms. The molecule has 0 atom stereocenters. The number of ether oxygens (including phenoxy) is 1. The predicted molar refractivity (Wildman–Crippen MR) is 117 cm³/mol. The summed E-state index contributed by atoms with van der Waals surface area (Å²) in [5, 5.41) is 2.05. The van der Waals surface area contributed by atoms with Crippen molar-refractivity contribution in [1.82, 2.24) is 5.06 Å². The molecule has 166 valence electrons. The fourth-order valence-corrected chi connectivity index (χ4v) is 4.93. The van der Waals surface area contributed by atoms with Crippen molar-refractivity contribution in [3.63, 3.8) is 0 Å². The van der Waals surface area contributed by atoms with Gasteiger partial charge in [-0.25, -0.2) is 0 Å². The Kier molecular flexibility index (Phi) is 11.7. The number of unbranched alkanes of at least 4 members (excludes halogenated alkanes) is 10. The van der Waals surface area contributed by atoms with Gasteiger partial charge in [0.15, 0.2) is 0 Å². The van der Waals surface area contributed by atoms with Gasteiger partial charge in [0.05, 0.1) is 7.11 Å². The number of esters is 1. The molecule has 1 aliphatic rings. The summed E-state index contributed by atoms with van der Waals surface area (Å²) in [6.07, 6.45) is 16.4. The predicted octanol–water partition coefficient (Wildman–Crippen LogP) is 6.81. The largest absolute Gasteiger partial charge is 0.462 e. The highest BCUT2D eigenvalue weighted by Crippen LogP contribution is 2.39. The van der Waals surface area contributed by atoms with Crippen molar-refractivity contribution < 1.29 is 14.4 Å². The maximum absolute atomic E-state index is 12.3. The molecular formula is C24H47NO3. The van der Waals surface area contributed by atoms with Crippen molar-refractivity contribution in [2.24, 2.45) is 0 Å². The van der Waals surface area contributed by atoms with Gasteiger partial charge in [0, 0.05) is 30.3 Å². The SMILES string of the molecule is CCCCCCCCCCCCCC(=O)OC1CC(C)(C)N(OC)C(C)(C)C1. The van der Waals surface area contributed by atoms with Crippen molar-refractivity contribution in [3.05, 3.63) is 0 Å². The normalized spacial score (nSPS) is 19.6. The van der Waals surface area contributed by atoms with Gasteiger partial charge >= 0.3 is 5.97 Å². The minimum atomic E-state index is -0.141. The number of hydrogen-bond acceptors (Lipinski definition) is 4. The molecule has 0 aromatic rings. The van der Waals surface area contributed by atoms with Crippen LogP contribution in [-0.4, -0.2) is 35.3 Å². The van der Waals surface area contributed by atoms with Crippen LogP contribution < -0.4 is 0 Å². The van der Waals surface area contributed by atoms with Crippen LogP contribution in [0.4, 0.5) is 0 Å². The zero-order valence-electron chi connectivity index (χ0n) is 19.6. The Morgan fingerprint density at radius 2 is 1.25 bits per heavy atom. The first-order valence-electron chi connectivity index (χ1n) is 11.8. The average Bonchev–Trinajstić information content (AvgIpc) is 2.57. The van der Waals surface area contributed by atoms with Crippen LogP contribution in [0.3, 0.4) is 0 Å². The highest BCUT2D eigenvalue weighted by molar-refractivity contribution is 5.69. The molecular weight excluding hydrogens is 350 g/mol. The lowest BCUT2D eigenvalue weighted by Crippen LogP contribution is -2.61. The van der Waals surface area contributed by atoms with Gasteiger partial charge < -0.3 is 9.57 Å². The van der Waals surface area contributed by atoms with Gasteiger partial charge in [0.2, 0.25) is 0 Å². The van der Waals surface area contributed by atoms with Crippen molar-refractivity contribution in [2.45, 2.75) is 142 Å². The van der Waals surface area contributed by atoms with Gasteiger partial charge in [-0.1, -0.05) is 71.1 Å². The molecule has 1 heterocycles. The van der Waals surface area contributed by atoms with Crippen LogP contribution in [0.25, 0.3) is 0 Å². The molecule has 0 saturated carbocycles. The van der Waals surface area contributed by atoms with E-state index < -0.39 is 0 Å². The molecule has 1 aliphatic heterocycles. The average molecular weight is 398 g/mol. The van der Waals surface area contributed by atoms with E-state index in [0.29, 0.717) is 6.42 Å². The third-order valence-electron chi connectivity index (χ3n) is 6.02. The van der Waals surface area contributed by atoms with E-state index in [1.54, 1.807) is 7.11 Å². The van der Waals surface area contributed by atoms with Gasteiger partial charge in [-0.15, -0.1) is 0 Å². The van der Waals surface area contributed by atoms with Gasteiger partial charge in [-0.2, -0.15) is 5.06 Å². The van der Waals surface area contributed by atoms with Crippen molar-refractivity contribution in [3.8, 4) is 0 Å². The summed E-state index contributed by atoms with van der Waals surface area (Å²) >= 11 is 0. The smallest absolute Gasteiger partial charge is 0.306 e. The minimum Gasteiger partial charge on any atom is -0.462 e. The number of rotatable bonds is 14. The molecule has 0 bridgehead atoms. The minimum absolute atomic E-state index is 0.0170. The molecule has 0 aliphatic carbocycles. The molecule has 1 fully saturated rings. The third-order valence-corrected chi connectivity index (χ3v) is 6.02. The molecule has 0 N–H and O–H groups in total. The van der Waals surface area contributed by atoms with E-state index in [0.717, 1.165) is 25.7 Å². The molecule has 0 aromatic heterocycles. The van der Waals surface area contributed by atoms with Crippen molar-refractivity contribution in [1.29, 1.82) is 0 Å². The number of nitrogens with zero attached hydrogens (tertiary/aromatic N) is 1. The van der Waals surface area contributed by atoms with Gasteiger partial charge in [0.25, 0.3) is 0 Å². The van der Waals surface area contributed by atoms with Crippen LogP contribution in [-0.2, 0) is 14.4 Å². The lowest BCUT2D eigenvalue weighted by atomic mass is 9.80. The van der Waals surface area contributed by atoms with Crippen LogP contribution in [0.1, 0.15) is 125 Å². The van der Waals surface area contributed by atoms with Crippen LogP contribution in [0, 0.1) is 0 Å². The number of carbonyl (C=O) groups is 1. The van der Waals surface area contributed by atoms with Gasteiger partial charge in [-0.05, 0) is 34.1 Å². The second-order valence-electron chi connectivity index (χ2n) is 9.91. The maximum atomic E-state index is 12.3. The van der Waals surface area contributed by atoms with Gasteiger partial charge in [-0.3, -0.25) is 4.79 Å². The number of hydrogen-bond donors (Lipinski definition) is 0. The fraction of sp³-hybridized carbons (Fsp3) is 0.958. The van der Waals surface area contributed by atoms with Crippen molar-refractivity contribution >= 4 is 5.97 Å². The summed E-state index contributed by atoms with van der Waals surface area (Å²) in [6.45, 7) is 10.9. The van der Waals surface area contributed by atoms with Gasteiger partial charge in [0.1, 0.15) is 6.10 Å². The zero-order valence-corrected chi connectivity index (χ0v) is 19.6. The summed E-state index contributed by atoms with van der Waals surface area (Å²) in [5.41, 5.74) is -0.282. The number of hydroxylamine groups is 2. The fourth-order valence-electron chi connectivity index (χ4n) is 4.93. The Labute approximate surface area is 174 Å². The lowest BCUT2D eigenvalue weighted by molar-refractivity contribution is -0.278. The van der Waals surface area contributed by atoms with Crippen LogP contribution >= 0.6 is 0 Å². The molecule has 1 saturated heterocycles.